The molecule has 6 aromatic carbocycles. The number of rotatable bonds is 3. The van der Waals surface area contributed by atoms with Crippen LogP contribution >= 0.6 is 0 Å². The van der Waals surface area contributed by atoms with Gasteiger partial charge in [-0.3, -0.25) is 0 Å². The third kappa shape index (κ3) is 3.37. The summed E-state index contributed by atoms with van der Waals surface area (Å²) in [5, 5.41) is 2.55. The summed E-state index contributed by atoms with van der Waals surface area (Å²) in [6, 6.07) is 55.0. The second kappa shape index (κ2) is 8.78. The van der Waals surface area contributed by atoms with Crippen LogP contribution in [-0.4, -0.2) is 11.4 Å². The van der Waals surface area contributed by atoms with E-state index in [1.807, 2.05) is 0 Å². The Kier molecular flexibility index (Phi) is 4.96. The van der Waals surface area contributed by atoms with E-state index in [1.54, 1.807) is 0 Å². The molecule has 0 N–H and O–H groups in total. The predicted octanol–water partition coefficient (Wildman–Crippen LogP) is 7.71. The normalized spacial score (nSPS) is 12.5. The van der Waals surface area contributed by atoms with Gasteiger partial charge in [0, 0.05) is 33.4 Å². The number of hydrogen-bond donors (Lipinski definition) is 0. The van der Waals surface area contributed by atoms with E-state index in [0.717, 1.165) is 0 Å². The fraction of sp³-hybridized carbons (Fsp3) is 0. The molecule has 2 nitrogen and oxygen atoms in total. The van der Waals surface area contributed by atoms with Crippen LogP contribution in [0.15, 0.2) is 152 Å². The maximum absolute atomic E-state index is 2.52. The third-order valence-corrected chi connectivity index (χ3v) is 8.03. The largest absolute Gasteiger partial charge is 0.376 e. The lowest BCUT2D eigenvalue weighted by atomic mass is 9.46. The summed E-state index contributed by atoms with van der Waals surface area (Å²) in [5.41, 5.74) is 11.2. The predicted molar refractivity (Wildman–Crippen MR) is 166 cm³/mol. The van der Waals surface area contributed by atoms with Crippen molar-refractivity contribution in [3.8, 4) is 16.8 Å². The molecule has 0 spiro atoms. The topological polar surface area (TPSA) is 8.17 Å². The maximum Gasteiger partial charge on any atom is 0.328 e. The van der Waals surface area contributed by atoms with Gasteiger partial charge in [-0.2, -0.15) is 0 Å². The summed E-state index contributed by atoms with van der Waals surface area (Å²) in [6.45, 7) is 0.0608. The van der Waals surface area contributed by atoms with Gasteiger partial charge >= 0.3 is 6.85 Å². The monoisotopic (exact) mass is 496 g/mol. The SMILES string of the molecule is c1ccc(B2c3ccccc3-c3ccc(-n4c5ccccc5c5ccccc54)cc3N2c2ccccc2)cc1. The quantitative estimate of drug-likeness (QED) is 0.228. The Labute approximate surface area is 228 Å². The molecule has 1 aromatic heterocycles. The average molecular weight is 496 g/mol. The first-order valence-corrected chi connectivity index (χ1v) is 13.5. The van der Waals surface area contributed by atoms with Gasteiger partial charge < -0.3 is 9.38 Å². The molecule has 0 saturated heterocycles. The van der Waals surface area contributed by atoms with Crippen molar-refractivity contribution in [2.75, 3.05) is 4.81 Å². The third-order valence-electron chi connectivity index (χ3n) is 8.03. The molecule has 1 aliphatic rings. The highest BCUT2D eigenvalue weighted by Gasteiger charge is 2.37. The molecule has 0 fully saturated rings. The van der Waals surface area contributed by atoms with Gasteiger partial charge in [0.2, 0.25) is 0 Å². The first kappa shape index (κ1) is 22.0. The smallest absolute Gasteiger partial charge is 0.328 e. The first-order valence-electron chi connectivity index (χ1n) is 13.5. The Morgan fingerprint density at radius 2 is 1.03 bits per heavy atom. The minimum atomic E-state index is 0.0608. The van der Waals surface area contributed by atoms with Crippen LogP contribution in [-0.2, 0) is 0 Å². The molecule has 0 aliphatic carbocycles. The lowest BCUT2D eigenvalue weighted by Crippen LogP contribution is -2.57. The molecule has 1 aliphatic heterocycles. The van der Waals surface area contributed by atoms with Crippen LogP contribution in [0.1, 0.15) is 0 Å². The van der Waals surface area contributed by atoms with Crippen molar-refractivity contribution in [1.29, 1.82) is 0 Å². The molecule has 0 unspecified atom stereocenters. The summed E-state index contributed by atoms with van der Waals surface area (Å²) in [7, 11) is 0. The van der Waals surface area contributed by atoms with Crippen LogP contribution in [0.5, 0.6) is 0 Å². The zero-order valence-electron chi connectivity index (χ0n) is 21.4. The molecule has 8 rings (SSSR count). The minimum absolute atomic E-state index is 0.0608. The van der Waals surface area contributed by atoms with E-state index in [1.165, 1.54) is 60.9 Å². The van der Waals surface area contributed by atoms with E-state index in [9.17, 15) is 0 Å². The molecule has 39 heavy (non-hydrogen) atoms. The van der Waals surface area contributed by atoms with Crippen molar-refractivity contribution in [1.82, 2.24) is 4.57 Å². The Morgan fingerprint density at radius 3 is 1.74 bits per heavy atom. The Balaban J connectivity index is 1.45. The summed E-state index contributed by atoms with van der Waals surface area (Å²) in [4.78, 5) is 2.52. The van der Waals surface area contributed by atoms with Crippen LogP contribution < -0.4 is 15.7 Å². The highest BCUT2D eigenvalue weighted by Crippen LogP contribution is 2.42. The molecule has 0 amide bonds. The van der Waals surface area contributed by atoms with Crippen molar-refractivity contribution in [3.05, 3.63) is 152 Å². The van der Waals surface area contributed by atoms with E-state index in [-0.39, 0.29) is 6.85 Å². The van der Waals surface area contributed by atoms with Crippen molar-refractivity contribution in [2.24, 2.45) is 0 Å². The molecule has 0 atom stereocenters. The van der Waals surface area contributed by atoms with E-state index < -0.39 is 0 Å². The number of anilines is 2. The zero-order valence-corrected chi connectivity index (χ0v) is 21.4. The van der Waals surface area contributed by atoms with Gasteiger partial charge in [-0.15, -0.1) is 0 Å². The van der Waals surface area contributed by atoms with Gasteiger partial charge in [0.25, 0.3) is 0 Å². The molecule has 0 bridgehead atoms. The van der Waals surface area contributed by atoms with E-state index in [4.69, 9.17) is 0 Å². The molecule has 2 heterocycles. The summed E-state index contributed by atoms with van der Waals surface area (Å²) in [5.74, 6) is 0. The number of benzene rings is 6. The van der Waals surface area contributed by atoms with Crippen LogP contribution in [0.25, 0.3) is 38.6 Å². The molecule has 0 radical (unpaired) electrons. The number of nitrogens with zero attached hydrogens (tertiary/aromatic N) is 2. The number of hydrogen-bond acceptors (Lipinski definition) is 1. The van der Waals surface area contributed by atoms with Crippen LogP contribution in [0.4, 0.5) is 11.4 Å². The zero-order chi connectivity index (χ0) is 25.8. The first-order chi connectivity index (χ1) is 19.4. The Morgan fingerprint density at radius 1 is 0.436 bits per heavy atom. The summed E-state index contributed by atoms with van der Waals surface area (Å²) < 4.78 is 2.41. The summed E-state index contributed by atoms with van der Waals surface area (Å²) >= 11 is 0. The second-order valence-electron chi connectivity index (χ2n) is 10.2. The molecular formula is C36H25BN2. The van der Waals surface area contributed by atoms with Gasteiger partial charge in [0.05, 0.1) is 11.0 Å². The summed E-state index contributed by atoms with van der Waals surface area (Å²) in [6.07, 6.45) is 0. The number of fused-ring (bicyclic) bond motifs is 6. The maximum atomic E-state index is 2.52. The van der Waals surface area contributed by atoms with Crippen LogP contribution in [0.3, 0.4) is 0 Å². The van der Waals surface area contributed by atoms with Crippen molar-refractivity contribution in [3.63, 3.8) is 0 Å². The standard InChI is InChI=1S/C36H25BN2/c1-3-13-26(14-4-1)37-33-20-10-7-17-29(33)32-24-23-28(25-36(32)39(37)27-15-5-2-6-16-27)38-34-21-11-8-18-30(34)31-19-9-12-22-35(31)38/h1-25H. The number of aromatic nitrogens is 1. The molecule has 3 heteroatoms. The molecular weight excluding hydrogens is 471 g/mol. The van der Waals surface area contributed by atoms with Gasteiger partial charge in [0.1, 0.15) is 0 Å². The fourth-order valence-electron chi connectivity index (χ4n) is 6.39. The fourth-order valence-corrected chi connectivity index (χ4v) is 6.39. The highest BCUT2D eigenvalue weighted by atomic mass is 15.1. The lowest BCUT2D eigenvalue weighted by Gasteiger charge is -2.39. The van der Waals surface area contributed by atoms with Gasteiger partial charge in [-0.25, -0.2) is 0 Å². The molecule has 182 valence electrons. The van der Waals surface area contributed by atoms with E-state index in [0.29, 0.717) is 0 Å². The van der Waals surface area contributed by atoms with Gasteiger partial charge in [-0.05, 0) is 47.4 Å². The highest BCUT2D eigenvalue weighted by molar-refractivity contribution is 6.90. The average Bonchev–Trinajstić information content (AvgIpc) is 3.35. The second-order valence-corrected chi connectivity index (χ2v) is 10.2. The van der Waals surface area contributed by atoms with Crippen molar-refractivity contribution in [2.45, 2.75) is 0 Å². The van der Waals surface area contributed by atoms with Gasteiger partial charge in [0.15, 0.2) is 0 Å². The van der Waals surface area contributed by atoms with Crippen molar-refractivity contribution < 1.29 is 0 Å². The lowest BCUT2D eigenvalue weighted by molar-refractivity contribution is 1.17. The van der Waals surface area contributed by atoms with Gasteiger partial charge in [-0.1, -0.05) is 121 Å². The molecule has 7 aromatic rings. The minimum Gasteiger partial charge on any atom is -0.376 e. The van der Waals surface area contributed by atoms with Crippen molar-refractivity contribution >= 4 is 51.0 Å². The van der Waals surface area contributed by atoms with Crippen LogP contribution in [0, 0.1) is 0 Å². The van der Waals surface area contributed by atoms with Crippen LogP contribution in [0.2, 0.25) is 0 Å². The number of para-hydroxylation sites is 3. The van der Waals surface area contributed by atoms with E-state index in [2.05, 4.69) is 161 Å². The Hall–Kier alpha value is -5.02. The molecule has 0 saturated carbocycles. The Bertz CT molecular complexity index is 1920. The van der Waals surface area contributed by atoms with E-state index >= 15 is 0 Å².